The lowest BCUT2D eigenvalue weighted by Crippen LogP contribution is -2.31. The van der Waals surface area contributed by atoms with Crippen LogP contribution in [0.3, 0.4) is 0 Å². The Labute approximate surface area is 117 Å². The average Bonchev–Trinajstić information content (AvgIpc) is 2.23. The maximum Gasteiger partial charge on any atom is 0.226 e. The van der Waals surface area contributed by atoms with E-state index in [1.165, 1.54) is 0 Å². The maximum absolute atomic E-state index is 11.8. The summed E-state index contributed by atoms with van der Waals surface area (Å²) in [5.41, 5.74) is 7.10. The van der Waals surface area contributed by atoms with Gasteiger partial charge >= 0.3 is 0 Å². The van der Waals surface area contributed by atoms with Crippen molar-refractivity contribution in [1.29, 1.82) is 0 Å². The van der Waals surface area contributed by atoms with Gasteiger partial charge in [-0.3, -0.25) is 4.79 Å². The Balaban J connectivity index is 2.77. The Hall–Kier alpha value is -0.840. The normalized spacial score (nSPS) is 12.6. The van der Waals surface area contributed by atoms with E-state index >= 15 is 0 Å². The van der Waals surface area contributed by atoms with E-state index in [0.29, 0.717) is 10.8 Å². The van der Waals surface area contributed by atoms with Gasteiger partial charge < -0.3 is 11.1 Å². The molecule has 0 aromatic carbocycles. The summed E-state index contributed by atoms with van der Waals surface area (Å²) in [5, 5.41) is 3.21. The summed E-state index contributed by atoms with van der Waals surface area (Å²) in [7, 11) is 0. The number of carbonyl (C=O) groups excluding carboxylic acids is 1. The highest BCUT2D eigenvalue weighted by atomic mass is 35.5. The number of nitrogens with two attached hydrogens (primary N) is 1. The number of aromatic nitrogens is 1. The van der Waals surface area contributed by atoms with Crippen LogP contribution in [-0.4, -0.2) is 16.9 Å². The molecule has 18 heavy (non-hydrogen) atoms. The molecule has 3 N–H and O–H groups in total. The minimum atomic E-state index is -0.177. The topological polar surface area (TPSA) is 68.0 Å². The van der Waals surface area contributed by atoms with Gasteiger partial charge in [0.25, 0.3) is 0 Å². The third-order valence-electron chi connectivity index (χ3n) is 2.68. The van der Waals surface area contributed by atoms with Crippen molar-refractivity contribution in [2.75, 3.05) is 5.32 Å². The van der Waals surface area contributed by atoms with Crippen molar-refractivity contribution in [1.82, 2.24) is 4.98 Å². The van der Waals surface area contributed by atoms with E-state index in [0.717, 1.165) is 5.56 Å². The van der Waals surface area contributed by atoms with E-state index in [1.807, 2.05) is 13.8 Å². The second-order valence-corrected chi connectivity index (χ2v) is 5.33. The number of pyridine rings is 1. The van der Waals surface area contributed by atoms with Gasteiger partial charge in [-0.15, -0.1) is 0 Å². The van der Waals surface area contributed by atoms with Crippen LogP contribution in [0.4, 0.5) is 5.69 Å². The number of aryl methyl sites for hydroxylation is 1. The Kier molecular flexibility index (Phi) is 5.38. The molecule has 100 valence electrons. The molecular formula is C12H17Cl2N3O. The summed E-state index contributed by atoms with van der Waals surface area (Å²) in [4.78, 5) is 15.7. The fourth-order valence-electron chi connectivity index (χ4n) is 1.39. The van der Waals surface area contributed by atoms with E-state index in [1.54, 1.807) is 13.0 Å². The summed E-state index contributed by atoms with van der Waals surface area (Å²) in [5.74, 6) is 0.0704. The van der Waals surface area contributed by atoms with Gasteiger partial charge in [-0.05, 0) is 24.5 Å². The van der Waals surface area contributed by atoms with E-state index in [9.17, 15) is 4.79 Å². The first-order valence-electron chi connectivity index (χ1n) is 5.69. The summed E-state index contributed by atoms with van der Waals surface area (Å²) < 4.78 is 0. The molecule has 4 nitrogen and oxygen atoms in total. The van der Waals surface area contributed by atoms with Gasteiger partial charge in [-0.1, -0.05) is 37.0 Å². The standard InChI is InChI=1S/C12H17Cl2N3O/c1-6(2)8(15)5-10(18)17-11-7(3)4-9(13)16-12(11)14/h4,6,8H,5,15H2,1-3H3,(H,17,18). The predicted octanol–water partition coefficient (Wildman–Crippen LogP) is 3.01. The largest absolute Gasteiger partial charge is 0.327 e. The van der Waals surface area contributed by atoms with Crippen molar-refractivity contribution >= 4 is 34.8 Å². The molecule has 0 saturated heterocycles. The minimum Gasteiger partial charge on any atom is -0.327 e. The van der Waals surface area contributed by atoms with Crippen LogP contribution in [-0.2, 0) is 4.79 Å². The van der Waals surface area contributed by atoms with Gasteiger partial charge in [0.05, 0.1) is 5.69 Å². The molecule has 1 atom stereocenters. The number of halogens is 2. The van der Waals surface area contributed by atoms with Crippen LogP contribution in [0.25, 0.3) is 0 Å². The number of hydrogen-bond donors (Lipinski definition) is 2. The molecule has 1 heterocycles. The second-order valence-electron chi connectivity index (χ2n) is 4.59. The summed E-state index contributed by atoms with van der Waals surface area (Å²) in [6.45, 7) is 5.75. The molecule has 0 bridgehead atoms. The molecular weight excluding hydrogens is 273 g/mol. The maximum atomic E-state index is 11.8. The van der Waals surface area contributed by atoms with Crippen LogP contribution in [0.1, 0.15) is 25.8 Å². The fraction of sp³-hybridized carbons (Fsp3) is 0.500. The third-order valence-corrected chi connectivity index (χ3v) is 3.15. The highest BCUT2D eigenvalue weighted by Gasteiger charge is 2.15. The van der Waals surface area contributed by atoms with Crippen molar-refractivity contribution in [2.45, 2.75) is 33.2 Å². The Morgan fingerprint density at radius 3 is 2.61 bits per heavy atom. The van der Waals surface area contributed by atoms with Gasteiger partial charge in [0.2, 0.25) is 5.91 Å². The van der Waals surface area contributed by atoms with Crippen molar-refractivity contribution in [3.63, 3.8) is 0 Å². The zero-order valence-corrected chi connectivity index (χ0v) is 12.1. The summed E-state index contributed by atoms with van der Waals surface area (Å²) in [6.07, 6.45) is 0.246. The lowest BCUT2D eigenvalue weighted by atomic mass is 10.0. The molecule has 1 rings (SSSR count). The summed E-state index contributed by atoms with van der Waals surface area (Å²) in [6, 6.07) is 1.47. The number of hydrogen-bond acceptors (Lipinski definition) is 3. The Morgan fingerprint density at radius 2 is 2.11 bits per heavy atom. The first-order chi connectivity index (χ1) is 8.31. The molecule has 1 unspecified atom stereocenters. The van der Waals surface area contributed by atoms with Gasteiger partial charge in [0.15, 0.2) is 5.15 Å². The van der Waals surface area contributed by atoms with Crippen LogP contribution in [0, 0.1) is 12.8 Å². The molecule has 1 aromatic rings. The van der Waals surface area contributed by atoms with Crippen LogP contribution in [0.2, 0.25) is 10.3 Å². The average molecular weight is 290 g/mol. The van der Waals surface area contributed by atoms with Gasteiger partial charge in [0.1, 0.15) is 5.15 Å². The molecule has 0 saturated carbocycles. The Morgan fingerprint density at radius 1 is 1.50 bits per heavy atom. The lowest BCUT2D eigenvalue weighted by Gasteiger charge is -2.16. The molecule has 1 aromatic heterocycles. The molecule has 1 amide bonds. The molecule has 0 aliphatic heterocycles. The molecule has 0 spiro atoms. The van der Waals surface area contributed by atoms with Crippen LogP contribution >= 0.6 is 23.2 Å². The molecule has 6 heteroatoms. The Bertz CT molecular complexity index is 426. The van der Waals surface area contributed by atoms with Crippen molar-refractivity contribution in [3.05, 3.63) is 21.9 Å². The predicted molar refractivity (Wildman–Crippen MR) is 75.1 cm³/mol. The van der Waals surface area contributed by atoms with E-state index in [2.05, 4.69) is 10.3 Å². The quantitative estimate of drug-likeness (QED) is 0.837. The van der Waals surface area contributed by atoms with Gasteiger partial charge in [-0.2, -0.15) is 0 Å². The number of carbonyl (C=O) groups is 1. The fourth-order valence-corrected chi connectivity index (χ4v) is 1.96. The lowest BCUT2D eigenvalue weighted by molar-refractivity contribution is -0.116. The first-order valence-corrected chi connectivity index (χ1v) is 6.45. The summed E-state index contributed by atoms with van der Waals surface area (Å²) >= 11 is 11.7. The minimum absolute atomic E-state index is 0.176. The van der Waals surface area contributed by atoms with Gasteiger partial charge in [-0.25, -0.2) is 4.98 Å². The van der Waals surface area contributed by atoms with Crippen LogP contribution in [0.5, 0.6) is 0 Å². The van der Waals surface area contributed by atoms with E-state index in [-0.39, 0.29) is 29.4 Å². The van der Waals surface area contributed by atoms with Crippen molar-refractivity contribution in [2.24, 2.45) is 11.7 Å². The first kappa shape index (κ1) is 15.2. The number of amides is 1. The van der Waals surface area contributed by atoms with E-state index < -0.39 is 0 Å². The highest BCUT2D eigenvalue weighted by Crippen LogP contribution is 2.26. The zero-order valence-electron chi connectivity index (χ0n) is 10.6. The van der Waals surface area contributed by atoms with Crippen molar-refractivity contribution in [3.8, 4) is 0 Å². The molecule has 0 radical (unpaired) electrons. The van der Waals surface area contributed by atoms with Crippen molar-refractivity contribution < 1.29 is 4.79 Å². The second kappa shape index (κ2) is 6.36. The molecule has 0 aliphatic carbocycles. The number of rotatable bonds is 4. The highest BCUT2D eigenvalue weighted by molar-refractivity contribution is 6.34. The number of anilines is 1. The van der Waals surface area contributed by atoms with Crippen LogP contribution < -0.4 is 11.1 Å². The SMILES string of the molecule is Cc1cc(Cl)nc(Cl)c1NC(=O)CC(N)C(C)C. The number of nitrogens with zero attached hydrogens (tertiary/aromatic N) is 1. The third kappa shape index (κ3) is 4.12. The number of nitrogens with one attached hydrogen (secondary N) is 1. The van der Waals surface area contributed by atoms with E-state index in [4.69, 9.17) is 28.9 Å². The zero-order chi connectivity index (χ0) is 13.9. The van der Waals surface area contributed by atoms with Gasteiger partial charge in [0, 0.05) is 12.5 Å². The smallest absolute Gasteiger partial charge is 0.226 e. The molecule has 0 aliphatic rings. The van der Waals surface area contributed by atoms with Crippen LogP contribution in [0.15, 0.2) is 6.07 Å². The monoisotopic (exact) mass is 289 g/mol. The molecule has 0 fully saturated rings.